The minimum Gasteiger partial charge on any atom is -0.493 e. The predicted octanol–water partition coefficient (Wildman–Crippen LogP) is 1.41. The summed E-state index contributed by atoms with van der Waals surface area (Å²) in [6.07, 6.45) is 0.639. The molecule has 114 valence electrons. The van der Waals surface area contributed by atoms with Crippen LogP contribution in [0.4, 0.5) is 0 Å². The molecule has 0 amide bonds. The fraction of sp³-hybridized carbons (Fsp3) is 0.538. The highest BCUT2D eigenvalue weighted by Crippen LogP contribution is 2.29. The van der Waals surface area contributed by atoms with Crippen LogP contribution in [0.1, 0.15) is 13.3 Å². The van der Waals surface area contributed by atoms with Crippen molar-refractivity contribution in [2.24, 2.45) is 0 Å². The van der Waals surface area contributed by atoms with Gasteiger partial charge in [0, 0.05) is 19.2 Å². The molecule has 0 aliphatic rings. The molecule has 0 fully saturated rings. The van der Waals surface area contributed by atoms with Crippen molar-refractivity contribution in [3.8, 4) is 11.5 Å². The summed E-state index contributed by atoms with van der Waals surface area (Å²) in [5.74, 6) is 0.852. The third-order valence-electron chi connectivity index (χ3n) is 2.85. The molecule has 0 bridgehead atoms. The van der Waals surface area contributed by atoms with Crippen molar-refractivity contribution in [3.05, 3.63) is 18.2 Å². The number of sulfonamides is 1. The van der Waals surface area contributed by atoms with Gasteiger partial charge in [-0.15, -0.1) is 0 Å². The van der Waals surface area contributed by atoms with Crippen molar-refractivity contribution < 1.29 is 22.6 Å². The minimum absolute atomic E-state index is 0.129. The Kier molecular flexibility index (Phi) is 6.25. The van der Waals surface area contributed by atoms with E-state index in [-0.39, 0.29) is 10.9 Å². The van der Waals surface area contributed by atoms with Gasteiger partial charge < -0.3 is 14.2 Å². The average molecular weight is 303 g/mol. The molecule has 0 radical (unpaired) electrons. The molecule has 0 aromatic heterocycles. The normalized spacial score (nSPS) is 13.0. The fourth-order valence-electron chi connectivity index (χ4n) is 1.71. The van der Waals surface area contributed by atoms with Crippen LogP contribution in [0.2, 0.25) is 0 Å². The van der Waals surface area contributed by atoms with E-state index in [9.17, 15) is 8.42 Å². The van der Waals surface area contributed by atoms with Gasteiger partial charge in [0.2, 0.25) is 10.0 Å². The highest BCUT2D eigenvalue weighted by molar-refractivity contribution is 7.89. The van der Waals surface area contributed by atoms with Crippen LogP contribution in [0, 0.1) is 0 Å². The molecular formula is C13H21NO5S. The van der Waals surface area contributed by atoms with Crippen LogP contribution in [0.3, 0.4) is 0 Å². The van der Waals surface area contributed by atoms with Crippen molar-refractivity contribution in [3.63, 3.8) is 0 Å². The molecular weight excluding hydrogens is 282 g/mol. The Morgan fingerprint density at radius 2 is 1.80 bits per heavy atom. The first-order valence-corrected chi connectivity index (χ1v) is 7.70. The Bertz CT molecular complexity index is 530. The Morgan fingerprint density at radius 3 is 2.30 bits per heavy atom. The molecule has 1 atom stereocenters. The van der Waals surface area contributed by atoms with Crippen molar-refractivity contribution in [2.75, 3.05) is 27.9 Å². The summed E-state index contributed by atoms with van der Waals surface area (Å²) in [6, 6.07) is 4.20. The molecule has 7 heteroatoms. The van der Waals surface area contributed by atoms with Gasteiger partial charge in [0.05, 0.1) is 25.7 Å². The molecule has 0 heterocycles. The van der Waals surface area contributed by atoms with E-state index in [4.69, 9.17) is 14.2 Å². The summed E-state index contributed by atoms with van der Waals surface area (Å²) in [4.78, 5) is 0.129. The maximum atomic E-state index is 12.3. The summed E-state index contributed by atoms with van der Waals surface area (Å²) < 4.78 is 42.3. The quantitative estimate of drug-likeness (QED) is 0.786. The molecule has 20 heavy (non-hydrogen) atoms. The van der Waals surface area contributed by atoms with Crippen LogP contribution in [0.25, 0.3) is 0 Å². The van der Waals surface area contributed by atoms with Crippen LogP contribution in [-0.4, -0.2) is 42.4 Å². The maximum absolute atomic E-state index is 12.3. The second-order valence-corrected chi connectivity index (χ2v) is 5.91. The lowest BCUT2D eigenvalue weighted by Gasteiger charge is -2.17. The van der Waals surface area contributed by atoms with E-state index in [1.165, 1.54) is 33.5 Å². The molecule has 0 spiro atoms. The van der Waals surface area contributed by atoms with Crippen molar-refractivity contribution in [2.45, 2.75) is 24.3 Å². The monoisotopic (exact) mass is 303 g/mol. The van der Waals surface area contributed by atoms with Gasteiger partial charge >= 0.3 is 0 Å². The number of rotatable bonds is 8. The number of benzene rings is 1. The smallest absolute Gasteiger partial charge is 0.241 e. The van der Waals surface area contributed by atoms with Crippen LogP contribution >= 0.6 is 0 Å². The van der Waals surface area contributed by atoms with Crippen LogP contribution in [0.15, 0.2) is 23.1 Å². The van der Waals surface area contributed by atoms with Gasteiger partial charge in [-0.3, -0.25) is 0 Å². The topological polar surface area (TPSA) is 73.9 Å². The zero-order valence-corrected chi connectivity index (χ0v) is 13.0. The molecule has 0 aliphatic heterocycles. The van der Waals surface area contributed by atoms with Gasteiger partial charge in [-0.1, -0.05) is 6.92 Å². The number of ether oxygens (including phenoxy) is 3. The molecule has 1 N–H and O–H groups in total. The molecule has 1 aromatic carbocycles. The van der Waals surface area contributed by atoms with E-state index < -0.39 is 10.0 Å². The summed E-state index contributed by atoms with van der Waals surface area (Å²) in [5, 5.41) is 0. The zero-order valence-electron chi connectivity index (χ0n) is 12.2. The third-order valence-corrected chi connectivity index (χ3v) is 4.37. The molecule has 0 saturated heterocycles. The molecule has 0 saturated carbocycles. The largest absolute Gasteiger partial charge is 0.493 e. The standard InChI is InChI=1S/C13H21NO5S/c1-5-10(9-17-2)14-20(15,16)11-6-7-12(18-3)13(8-11)19-4/h6-8,10,14H,5,9H2,1-4H3. The summed E-state index contributed by atoms with van der Waals surface area (Å²) in [5.41, 5.74) is 0. The Hall–Kier alpha value is -1.31. The number of methoxy groups -OCH3 is 3. The molecule has 1 aromatic rings. The van der Waals surface area contributed by atoms with Crippen LogP contribution < -0.4 is 14.2 Å². The first-order valence-electron chi connectivity index (χ1n) is 6.21. The zero-order chi connectivity index (χ0) is 15.2. The van der Waals surface area contributed by atoms with Gasteiger partial charge in [0.15, 0.2) is 11.5 Å². The van der Waals surface area contributed by atoms with Gasteiger partial charge in [-0.05, 0) is 18.6 Å². The second kappa shape index (κ2) is 7.47. The Morgan fingerprint density at radius 1 is 1.15 bits per heavy atom. The molecule has 1 rings (SSSR count). The predicted molar refractivity (Wildman–Crippen MR) is 75.8 cm³/mol. The third kappa shape index (κ3) is 4.09. The summed E-state index contributed by atoms with van der Waals surface area (Å²) >= 11 is 0. The first kappa shape index (κ1) is 16.7. The van der Waals surface area contributed by atoms with Crippen molar-refractivity contribution in [1.82, 2.24) is 4.72 Å². The lowest BCUT2D eigenvalue weighted by Crippen LogP contribution is -2.37. The Labute approximate surface area is 120 Å². The molecule has 1 unspecified atom stereocenters. The average Bonchev–Trinajstić information content (AvgIpc) is 2.45. The van der Waals surface area contributed by atoms with Gasteiger partial charge in [0.1, 0.15) is 0 Å². The van der Waals surface area contributed by atoms with E-state index in [0.717, 1.165) is 0 Å². The SMILES string of the molecule is CCC(COC)NS(=O)(=O)c1ccc(OC)c(OC)c1. The lowest BCUT2D eigenvalue weighted by molar-refractivity contribution is 0.173. The summed E-state index contributed by atoms with van der Waals surface area (Å²) in [7, 11) is 0.874. The van der Waals surface area contributed by atoms with Gasteiger partial charge in [-0.2, -0.15) is 0 Å². The highest BCUT2D eigenvalue weighted by atomic mass is 32.2. The van der Waals surface area contributed by atoms with E-state index in [2.05, 4.69) is 4.72 Å². The van der Waals surface area contributed by atoms with Crippen LogP contribution in [0.5, 0.6) is 11.5 Å². The van der Waals surface area contributed by atoms with Gasteiger partial charge in [-0.25, -0.2) is 13.1 Å². The van der Waals surface area contributed by atoms with E-state index in [1.54, 1.807) is 6.07 Å². The van der Waals surface area contributed by atoms with Gasteiger partial charge in [0.25, 0.3) is 0 Å². The number of hydrogen-bond donors (Lipinski definition) is 1. The highest BCUT2D eigenvalue weighted by Gasteiger charge is 2.20. The van der Waals surface area contributed by atoms with E-state index in [1.807, 2.05) is 6.92 Å². The molecule has 0 aliphatic carbocycles. The van der Waals surface area contributed by atoms with Crippen LogP contribution in [-0.2, 0) is 14.8 Å². The molecule has 6 nitrogen and oxygen atoms in total. The lowest BCUT2D eigenvalue weighted by atomic mass is 10.3. The fourth-order valence-corrected chi connectivity index (χ4v) is 3.03. The maximum Gasteiger partial charge on any atom is 0.241 e. The summed E-state index contributed by atoms with van der Waals surface area (Å²) in [6.45, 7) is 2.21. The van der Waals surface area contributed by atoms with E-state index >= 15 is 0 Å². The minimum atomic E-state index is -3.62. The second-order valence-electron chi connectivity index (χ2n) is 4.20. The van der Waals surface area contributed by atoms with Crippen molar-refractivity contribution in [1.29, 1.82) is 0 Å². The van der Waals surface area contributed by atoms with Crippen molar-refractivity contribution >= 4 is 10.0 Å². The van der Waals surface area contributed by atoms with E-state index in [0.29, 0.717) is 24.5 Å². The first-order chi connectivity index (χ1) is 9.48. The number of hydrogen-bond acceptors (Lipinski definition) is 5. The Balaban J connectivity index is 3.03. The number of nitrogens with one attached hydrogen (secondary N) is 1.